The summed E-state index contributed by atoms with van der Waals surface area (Å²) in [7, 11) is 1.63. The maximum Gasteiger partial charge on any atom is 0.249 e. The number of thiophene rings is 1. The standard InChI is InChI=1S/C12H20N2O3S/c1-12(3-4-15,8-17-2)14-6-10-5-9(7-18-10)11(13)16/h5,7,14-15H,3-4,6,8H2,1-2H3,(H2,13,16). The summed E-state index contributed by atoms with van der Waals surface area (Å²) in [4.78, 5) is 12.0. The molecule has 0 aliphatic carbocycles. The van der Waals surface area contributed by atoms with E-state index in [0.717, 1.165) is 4.88 Å². The Labute approximate surface area is 111 Å². The molecule has 0 bridgehead atoms. The predicted octanol–water partition coefficient (Wildman–Crippen LogP) is 0.724. The van der Waals surface area contributed by atoms with E-state index < -0.39 is 5.91 Å². The summed E-state index contributed by atoms with van der Waals surface area (Å²) >= 11 is 1.49. The number of aliphatic hydroxyl groups is 1. The summed E-state index contributed by atoms with van der Waals surface area (Å²) in [5, 5.41) is 14.1. The lowest BCUT2D eigenvalue weighted by Gasteiger charge is -2.29. The van der Waals surface area contributed by atoms with E-state index in [1.54, 1.807) is 18.6 Å². The summed E-state index contributed by atoms with van der Waals surface area (Å²) in [6.07, 6.45) is 0.606. The molecule has 1 atom stereocenters. The third kappa shape index (κ3) is 4.38. The van der Waals surface area contributed by atoms with Crippen LogP contribution in [0.2, 0.25) is 0 Å². The number of nitrogens with one attached hydrogen (secondary N) is 1. The van der Waals surface area contributed by atoms with Crippen LogP contribution in [0.1, 0.15) is 28.6 Å². The first-order valence-electron chi connectivity index (χ1n) is 5.73. The van der Waals surface area contributed by atoms with Gasteiger partial charge in [0.2, 0.25) is 5.91 Å². The van der Waals surface area contributed by atoms with Crippen molar-refractivity contribution in [3.63, 3.8) is 0 Å². The Morgan fingerprint density at radius 1 is 1.67 bits per heavy atom. The topological polar surface area (TPSA) is 84.6 Å². The molecule has 6 heteroatoms. The van der Waals surface area contributed by atoms with E-state index in [2.05, 4.69) is 5.32 Å². The summed E-state index contributed by atoms with van der Waals surface area (Å²) < 4.78 is 5.15. The smallest absolute Gasteiger partial charge is 0.249 e. The van der Waals surface area contributed by atoms with Crippen molar-refractivity contribution in [1.29, 1.82) is 0 Å². The Morgan fingerprint density at radius 3 is 2.89 bits per heavy atom. The second-order valence-corrected chi connectivity index (χ2v) is 5.48. The molecule has 102 valence electrons. The number of nitrogens with two attached hydrogens (primary N) is 1. The third-order valence-corrected chi connectivity index (χ3v) is 3.69. The molecule has 5 nitrogen and oxygen atoms in total. The largest absolute Gasteiger partial charge is 0.396 e. The molecule has 1 unspecified atom stereocenters. The van der Waals surface area contributed by atoms with Crippen molar-refractivity contribution in [3.05, 3.63) is 21.9 Å². The molecule has 0 aromatic carbocycles. The highest BCUT2D eigenvalue weighted by molar-refractivity contribution is 7.10. The average Bonchev–Trinajstić information content (AvgIpc) is 2.76. The highest BCUT2D eigenvalue weighted by Gasteiger charge is 2.23. The zero-order chi connectivity index (χ0) is 13.6. The number of primary amides is 1. The lowest BCUT2D eigenvalue weighted by atomic mass is 9.99. The van der Waals surface area contributed by atoms with Crippen LogP contribution in [0.25, 0.3) is 0 Å². The van der Waals surface area contributed by atoms with Gasteiger partial charge in [0, 0.05) is 36.1 Å². The van der Waals surface area contributed by atoms with Crippen LogP contribution in [0.15, 0.2) is 11.4 Å². The molecule has 1 amide bonds. The molecular formula is C12H20N2O3S. The predicted molar refractivity (Wildman–Crippen MR) is 71.7 cm³/mol. The van der Waals surface area contributed by atoms with Crippen LogP contribution < -0.4 is 11.1 Å². The molecule has 18 heavy (non-hydrogen) atoms. The maximum absolute atomic E-state index is 11.0. The van der Waals surface area contributed by atoms with Crippen molar-refractivity contribution in [2.75, 3.05) is 20.3 Å². The average molecular weight is 272 g/mol. The van der Waals surface area contributed by atoms with Gasteiger partial charge in [-0.25, -0.2) is 0 Å². The molecule has 0 radical (unpaired) electrons. The number of aliphatic hydroxyl groups excluding tert-OH is 1. The van der Waals surface area contributed by atoms with Gasteiger partial charge in [0.25, 0.3) is 0 Å². The van der Waals surface area contributed by atoms with Crippen molar-refractivity contribution in [2.45, 2.75) is 25.4 Å². The number of amides is 1. The van der Waals surface area contributed by atoms with E-state index >= 15 is 0 Å². The first-order chi connectivity index (χ1) is 8.50. The van der Waals surface area contributed by atoms with Crippen LogP contribution in [0, 0.1) is 0 Å². The minimum atomic E-state index is -0.410. The lowest BCUT2D eigenvalue weighted by Crippen LogP contribution is -2.46. The Balaban J connectivity index is 2.58. The molecule has 0 spiro atoms. The van der Waals surface area contributed by atoms with Crippen molar-refractivity contribution in [2.24, 2.45) is 5.73 Å². The van der Waals surface area contributed by atoms with Crippen LogP contribution in [0.3, 0.4) is 0 Å². The lowest BCUT2D eigenvalue weighted by molar-refractivity contribution is 0.0971. The zero-order valence-corrected chi connectivity index (χ0v) is 11.5. The van der Waals surface area contributed by atoms with Crippen molar-refractivity contribution in [3.8, 4) is 0 Å². The first-order valence-corrected chi connectivity index (χ1v) is 6.61. The molecule has 1 aromatic heterocycles. The van der Waals surface area contributed by atoms with Gasteiger partial charge in [-0.2, -0.15) is 0 Å². The van der Waals surface area contributed by atoms with E-state index in [1.807, 2.05) is 6.92 Å². The Morgan fingerprint density at radius 2 is 2.39 bits per heavy atom. The molecular weight excluding hydrogens is 252 g/mol. The van der Waals surface area contributed by atoms with Gasteiger partial charge in [-0.1, -0.05) is 0 Å². The van der Waals surface area contributed by atoms with Gasteiger partial charge in [0.05, 0.1) is 12.2 Å². The zero-order valence-electron chi connectivity index (χ0n) is 10.7. The molecule has 1 rings (SSSR count). The van der Waals surface area contributed by atoms with Gasteiger partial charge in [0.1, 0.15) is 0 Å². The maximum atomic E-state index is 11.0. The monoisotopic (exact) mass is 272 g/mol. The van der Waals surface area contributed by atoms with Crippen molar-refractivity contribution in [1.82, 2.24) is 5.32 Å². The van der Waals surface area contributed by atoms with E-state index in [1.165, 1.54) is 11.3 Å². The van der Waals surface area contributed by atoms with Crippen LogP contribution in [-0.2, 0) is 11.3 Å². The number of rotatable bonds is 8. The van der Waals surface area contributed by atoms with Crippen LogP contribution in [-0.4, -0.2) is 36.9 Å². The second kappa shape index (κ2) is 6.84. The highest BCUT2D eigenvalue weighted by atomic mass is 32.1. The second-order valence-electron chi connectivity index (χ2n) is 4.49. The van der Waals surface area contributed by atoms with E-state index in [9.17, 15) is 4.79 Å². The number of carbonyl (C=O) groups is 1. The quantitative estimate of drug-likeness (QED) is 0.651. The molecule has 1 heterocycles. The molecule has 0 fully saturated rings. The number of ether oxygens (including phenoxy) is 1. The summed E-state index contributed by atoms with van der Waals surface area (Å²) in [5.41, 5.74) is 5.46. The Kier molecular flexibility index (Phi) is 5.74. The van der Waals surface area contributed by atoms with E-state index in [4.69, 9.17) is 15.6 Å². The molecule has 0 aliphatic heterocycles. The highest BCUT2D eigenvalue weighted by Crippen LogP contribution is 2.17. The minimum Gasteiger partial charge on any atom is -0.396 e. The van der Waals surface area contributed by atoms with Gasteiger partial charge < -0.3 is 20.9 Å². The van der Waals surface area contributed by atoms with E-state index in [0.29, 0.717) is 25.1 Å². The minimum absolute atomic E-state index is 0.101. The molecule has 0 saturated carbocycles. The third-order valence-electron chi connectivity index (χ3n) is 2.75. The van der Waals surface area contributed by atoms with Gasteiger partial charge in [0.15, 0.2) is 0 Å². The number of hydrogen-bond acceptors (Lipinski definition) is 5. The van der Waals surface area contributed by atoms with Gasteiger partial charge in [-0.3, -0.25) is 4.79 Å². The fraction of sp³-hybridized carbons (Fsp3) is 0.583. The summed E-state index contributed by atoms with van der Waals surface area (Å²) in [6.45, 7) is 3.23. The normalized spacial score (nSPS) is 14.4. The van der Waals surface area contributed by atoms with Gasteiger partial charge >= 0.3 is 0 Å². The van der Waals surface area contributed by atoms with E-state index in [-0.39, 0.29) is 12.1 Å². The SMILES string of the molecule is COCC(C)(CCO)NCc1cc(C(N)=O)cs1. The number of carbonyl (C=O) groups excluding carboxylic acids is 1. The van der Waals surface area contributed by atoms with Crippen molar-refractivity contribution >= 4 is 17.2 Å². The Bertz CT molecular complexity index is 386. The molecule has 0 saturated heterocycles. The van der Waals surface area contributed by atoms with Crippen LogP contribution in [0.5, 0.6) is 0 Å². The fourth-order valence-corrected chi connectivity index (χ4v) is 2.49. The summed E-state index contributed by atoms with van der Waals surface area (Å²) in [6, 6.07) is 1.78. The van der Waals surface area contributed by atoms with Crippen LogP contribution >= 0.6 is 11.3 Å². The van der Waals surface area contributed by atoms with Gasteiger partial charge in [-0.05, 0) is 19.4 Å². The number of methoxy groups -OCH3 is 1. The Hall–Kier alpha value is -0.950. The first kappa shape index (κ1) is 15.1. The van der Waals surface area contributed by atoms with Crippen molar-refractivity contribution < 1.29 is 14.6 Å². The molecule has 1 aromatic rings. The molecule has 4 N–H and O–H groups in total. The number of hydrogen-bond donors (Lipinski definition) is 3. The fourth-order valence-electron chi connectivity index (χ4n) is 1.68. The summed E-state index contributed by atoms with van der Waals surface area (Å²) in [5.74, 6) is -0.410. The van der Waals surface area contributed by atoms with Gasteiger partial charge in [-0.15, -0.1) is 11.3 Å². The molecule has 0 aliphatic rings. The van der Waals surface area contributed by atoms with Crippen LogP contribution in [0.4, 0.5) is 0 Å².